The van der Waals surface area contributed by atoms with Gasteiger partial charge in [-0.25, -0.2) is 9.78 Å². The number of fused-ring (bicyclic) bond motifs is 1. The predicted octanol–water partition coefficient (Wildman–Crippen LogP) is 3.24. The first-order chi connectivity index (χ1) is 12.3. The maximum absolute atomic E-state index is 11.8. The Kier molecular flexibility index (Phi) is 3.70. The standard InChI is InChI=1S/C19H14N4O2/c1-25-18(24)17-21-19-20-15(13-8-4-2-5-9-13)12-16(23(19)22-17)14-10-6-3-7-11-14/h2-12H,1H3. The Morgan fingerprint density at radius 2 is 1.56 bits per heavy atom. The minimum atomic E-state index is -0.592. The smallest absolute Gasteiger partial charge is 0.378 e. The molecule has 0 fully saturated rings. The predicted molar refractivity (Wildman–Crippen MR) is 93.0 cm³/mol. The number of benzene rings is 2. The average Bonchev–Trinajstić information content (AvgIpc) is 3.12. The molecule has 4 aromatic rings. The van der Waals surface area contributed by atoms with E-state index in [4.69, 9.17) is 4.74 Å². The van der Waals surface area contributed by atoms with E-state index in [9.17, 15) is 4.79 Å². The van der Waals surface area contributed by atoms with Gasteiger partial charge in [0.05, 0.1) is 18.5 Å². The van der Waals surface area contributed by atoms with E-state index in [1.807, 2.05) is 66.7 Å². The lowest BCUT2D eigenvalue weighted by atomic mass is 10.1. The molecule has 0 spiro atoms. The summed E-state index contributed by atoms with van der Waals surface area (Å²) in [6, 6.07) is 21.5. The van der Waals surface area contributed by atoms with E-state index >= 15 is 0 Å². The topological polar surface area (TPSA) is 69.4 Å². The Morgan fingerprint density at radius 3 is 2.20 bits per heavy atom. The molecule has 6 heteroatoms. The zero-order valence-electron chi connectivity index (χ0n) is 13.5. The van der Waals surface area contributed by atoms with Crippen molar-refractivity contribution in [3.05, 3.63) is 72.6 Å². The molecular weight excluding hydrogens is 316 g/mol. The highest BCUT2D eigenvalue weighted by Crippen LogP contribution is 2.25. The van der Waals surface area contributed by atoms with Crippen LogP contribution in [0.15, 0.2) is 66.7 Å². The van der Waals surface area contributed by atoms with Gasteiger partial charge in [0.2, 0.25) is 0 Å². The highest BCUT2D eigenvalue weighted by molar-refractivity contribution is 5.85. The minimum Gasteiger partial charge on any atom is -0.463 e. The highest BCUT2D eigenvalue weighted by atomic mass is 16.5. The second-order valence-corrected chi connectivity index (χ2v) is 5.40. The van der Waals surface area contributed by atoms with E-state index in [1.54, 1.807) is 4.52 Å². The number of ether oxygens (including phenoxy) is 1. The lowest BCUT2D eigenvalue weighted by molar-refractivity contribution is 0.0587. The van der Waals surface area contributed by atoms with Crippen LogP contribution in [0.25, 0.3) is 28.3 Å². The molecule has 0 unspecified atom stereocenters. The van der Waals surface area contributed by atoms with Gasteiger partial charge in [0.15, 0.2) is 0 Å². The number of rotatable bonds is 3. The van der Waals surface area contributed by atoms with Crippen molar-refractivity contribution < 1.29 is 9.53 Å². The van der Waals surface area contributed by atoms with E-state index in [1.165, 1.54) is 7.11 Å². The summed E-state index contributed by atoms with van der Waals surface area (Å²) in [5.74, 6) is -0.260. The summed E-state index contributed by atoms with van der Waals surface area (Å²) in [5, 5.41) is 4.26. The monoisotopic (exact) mass is 330 g/mol. The van der Waals surface area contributed by atoms with E-state index < -0.39 is 5.97 Å². The molecule has 0 aliphatic heterocycles. The first kappa shape index (κ1) is 15.0. The summed E-state index contributed by atoms with van der Waals surface area (Å²) < 4.78 is 6.28. The van der Waals surface area contributed by atoms with Crippen LogP contribution >= 0.6 is 0 Å². The number of hydrogen-bond donors (Lipinski definition) is 0. The second-order valence-electron chi connectivity index (χ2n) is 5.40. The third-order valence-electron chi connectivity index (χ3n) is 3.82. The Balaban J connectivity index is 1.99. The van der Waals surface area contributed by atoms with Crippen molar-refractivity contribution in [3.63, 3.8) is 0 Å². The van der Waals surface area contributed by atoms with Crippen molar-refractivity contribution in [2.24, 2.45) is 0 Å². The third kappa shape index (κ3) is 2.74. The van der Waals surface area contributed by atoms with Crippen molar-refractivity contribution >= 4 is 11.7 Å². The van der Waals surface area contributed by atoms with E-state index in [2.05, 4.69) is 15.1 Å². The summed E-state index contributed by atoms with van der Waals surface area (Å²) in [4.78, 5) is 20.6. The fourth-order valence-electron chi connectivity index (χ4n) is 2.62. The molecule has 2 aromatic carbocycles. The van der Waals surface area contributed by atoms with Gasteiger partial charge in [-0.05, 0) is 6.07 Å². The second kappa shape index (κ2) is 6.16. The van der Waals surface area contributed by atoms with Gasteiger partial charge < -0.3 is 4.74 Å². The molecule has 0 N–H and O–H groups in total. The lowest BCUT2D eigenvalue weighted by Gasteiger charge is -2.07. The highest BCUT2D eigenvalue weighted by Gasteiger charge is 2.18. The molecule has 0 aliphatic carbocycles. The van der Waals surface area contributed by atoms with Gasteiger partial charge in [0.1, 0.15) is 0 Å². The van der Waals surface area contributed by atoms with Crippen LogP contribution < -0.4 is 0 Å². The van der Waals surface area contributed by atoms with Crippen LogP contribution in [0.3, 0.4) is 0 Å². The molecule has 0 aliphatic rings. The van der Waals surface area contributed by atoms with E-state index in [0.29, 0.717) is 5.78 Å². The van der Waals surface area contributed by atoms with Crippen molar-refractivity contribution in [2.45, 2.75) is 0 Å². The molecule has 0 atom stereocenters. The Bertz CT molecular complexity index is 1040. The van der Waals surface area contributed by atoms with Crippen LogP contribution in [0.5, 0.6) is 0 Å². The molecule has 6 nitrogen and oxygen atoms in total. The fourth-order valence-corrected chi connectivity index (χ4v) is 2.62. The van der Waals surface area contributed by atoms with Crippen LogP contribution in [0, 0.1) is 0 Å². The van der Waals surface area contributed by atoms with Gasteiger partial charge in [-0.15, -0.1) is 5.10 Å². The van der Waals surface area contributed by atoms with Crippen molar-refractivity contribution in [2.75, 3.05) is 7.11 Å². The van der Waals surface area contributed by atoms with Gasteiger partial charge in [-0.2, -0.15) is 9.50 Å². The van der Waals surface area contributed by atoms with Gasteiger partial charge in [-0.3, -0.25) is 0 Å². The summed E-state index contributed by atoms with van der Waals surface area (Å²) in [7, 11) is 1.30. The first-order valence-electron chi connectivity index (χ1n) is 7.73. The van der Waals surface area contributed by atoms with E-state index in [-0.39, 0.29) is 5.82 Å². The minimum absolute atomic E-state index is 0.0163. The molecule has 2 heterocycles. The lowest BCUT2D eigenvalue weighted by Crippen LogP contribution is -2.04. The van der Waals surface area contributed by atoms with Crippen molar-refractivity contribution in [1.29, 1.82) is 0 Å². The first-order valence-corrected chi connectivity index (χ1v) is 7.73. The van der Waals surface area contributed by atoms with Crippen LogP contribution in [0.1, 0.15) is 10.6 Å². The third-order valence-corrected chi connectivity index (χ3v) is 3.82. The van der Waals surface area contributed by atoms with Crippen LogP contribution in [-0.2, 0) is 4.74 Å². The molecule has 25 heavy (non-hydrogen) atoms. The normalized spacial score (nSPS) is 10.8. The Morgan fingerprint density at radius 1 is 0.920 bits per heavy atom. The van der Waals surface area contributed by atoms with Crippen LogP contribution in [-0.4, -0.2) is 32.7 Å². The van der Waals surface area contributed by atoms with Gasteiger partial charge >= 0.3 is 5.97 Å². The van der Waals surface area contributed by atoms with Gasteiger partial charge in [0.25, 0.3) is 11.6 Å². The Hall–Kier alpha value is -3.54. The summed E-state index contributed by atoms with van der Waals surface area (Å²) in [5.41, 5.74) is 3.47. The molecule has 0 saturated carbocycles. The quantitative estimate of drug-likeness (QED) is 0.539. The molecule has 0 bridgehead atoms. The van der Waals surface area contributed by atoms with Gasteiger partial charge in [0, 0.05) is 11.1 Å². The molecule has 122 valence electrons. The zero-order chi connectivity index (χ0) is 17.2. The average molecular weight is 330 g/mol. The van der Waals surface area contributed by atoms with E-state index in [0.717, 1.165) is 22.5 Å². The largest absolute Gasteiger partial charge is 0.463 e. The summed E-state index contributed by atoms with van der Waals surface area (Å²) in [6.45, 7) is 0. The maximum atomic E-state index is 11.8. The number of nitrogens with zero attached hydrogens (tertiary/aromatic N) is 4. The number of methoxy groups -OCH3 is 1. The maximum Gasteiger partial charge on any atom is 0.378 e. The van der Waals surface area contributed by atoms with Crippen LogP contribution in [0.4, 0.5) is 0 Å². The summed E-state index contributed by atoms with van der Waals surface area (Å²) >= 11 is 0. The van der Waals surface area contributed by atoms with Crippen LogP contribution in [0.2, 0.25) is 0 Å². The zero-order valence-corrected chi connectivity index (χ0v) is 13.5. The van der Waals surface area contributed by atoms with Gasteiger partial charge in [-0.1, -0.05) is 60.7 Å². The van der Waals surface area contributed by atoms with Crippen molar-refractivity contribution in [1.82, 2.24) is 19.6 Å². The summed E-state index contributed by atoms with van der Waals surface area (Å²) in [6.07, 6.45) is 0. The fraction of sp³-hybridized carbons (Fsp3) is 0.0526. The molecule has 0 amide bonds. The SMILES string of the molecule is COC(=O)c1nc2nc(-c3ccccc3)cc(-c3ccccc3)n2n1. The number of hydrogen-bond acceptors (Lipinski definition) is 5. The molecule has 0 saturated heterocycles. The molecule has 2 aromatic heterocycles. The molecule has 0 radical (unpaired) electrons. The molecular formula is C19H14N4O2. The molecule has 4 rings (SSSR count). The number of carbonyl (C=O) groups excluding carboxylic acids is 1. The number of esters is 1. The Labute approximate surface area is 143 Å². The number of carbonyl (C=O) groups is 1. The number of aromatic nitrogens is 4. The van der Waals surface area contributed by atoms with Crippen molar-refractivity contribution in [3.8, 4) is 22.5 Å².